The zero-order valence-corrected chi connectivity index (χ0v) is 12.0. The molecule has 110 valence electrons. The number of rotatable bonds is 1. The summed E-state index contributed by atoms with van der Waals surface area (Å²) in [6.45, 7) is 1.90. The number of hydrogen-bond donors (Lipinski definition) is 2. The fraction of sp³-hybridized carbons (Fsp3) is 0.333. The summed E-state index contributed by atoms with van der Waals surface area (Å²) in [4.78, 5) is 0. The summed E-state index contributed by atoms with van der Waals surface area (Å²) in [6.07, 6.45) is 1.41. The van der Waals surface area contributed by atoms with E-state index in [-0.39, 0.29) is 22.9 Å². The van der Waals surface area contributed by atoms with Gasteiger partial charge in [0.2, 0.25) is 11.8 Å². The smallest absolute Gasteiger partial charge is 0.205 e. The monoisotopic (exact) mass is 309 g/mol. The molecule has 6 heteroatoms. The van der Waals surface area contributed by atoms with Gasteiger partial charge >= 0.3 is 0 Å². The Morgan fingerprint density at radius 1 is 1.38 bits per heavy atom. The number of fused-ring (bicyclic) bond motifs is 5. The lowest BCUT2D eigenvalue weighted by Crippen LogP contribution is -2.16. The van der Waals surface area contributed by atoms with Gasteiger partial charge in [-0.05, 0) is 38.0 Å². The summed E-state index contributed by atoms with van der Waals surface area (Å²) in [5.41, 5.74) is 1.09. The standard InChI is InChI=1S/C15H13ClFNO3/c1-15-5-4-10(21-15)11-12(15)14(20)18(13(11)19)7-2-3-9(17)8(16)6-7/h2-3,6,10,19-20H,4-5H2,1H3/t10-,15+/m1/s1. The van der Waals surface area contributed by atoms with Crippen LogP contribution in [0.4, 0.5) is 4.39 Å². The SMILES string of the molecule is C[C@@]12CC[C@@H](O1)c1c2c(O)n(-c2ccc(F)c(Cl)c2)c1O. The topological polar surface area (TPSA) is 54.6 Å². The van der Waals surface area contributed by atoms with Crippen molar-refractivity contribution in [3.63, 3.8) is 0 Å². The first-order valence-electron chi connectivity index (χ1n) is 6.72. The van der Waals surface area contributed by atoms with Gasteiger partial charge in [-0.2, -0.15) is 0 Å². The molecular formula is C15H13ClFNO3. The maximum absolute atomic E-state index is 13.3. The van der Waals surface area contributed by atoms with Gasteiger partial charge in [0, 0.05) is 0 Å². The molecule has 2 N–H and O–H groups in total. The minimum atomic E-state index is -0.573. The van der Waals surface area contributed by atoms with Gasteiger partial charge in [-0.3, -0.25) is 4.57 Å². The molecule has 0 amide bonds. The van der Waals surface area contributed by atoms with E-state index in [2.05, 4.69) is 0 Å². The van der Waals surface area contributed by atoms with E-state index in [9.17, 15) is 14.6 Å². The van der Waals surface area contributed by atoms with Gasteiger partial charge in [-0.25, -0.2) is 4.39 Å². The molecule has 0 aliphatic carbocycles. The molecule has 1 aromatic heterocycles. The number of aromatic nitrogens is 1. The van der Waals surface area contributed by atoms with Gasteiger partial charge in [0.1, 0.15) is 5.82 Å². The third-order valence-electron chi connectivity index (χ3n) is 4.46. The van der Waals surface area contributed by atoms with Crippen molar-refractivity contribution in [1.29, 1.82) is 0 Å². The minimum Gasteiger partial charge on any atom is -0.494 e. The number of ether oxygens (including phenoxy) is 1. The summed E-state index contributed by atoms with van der Waals surface area (Å²) in [7, 11) is 0. The van der Waals surface area contributed by atoms with E-state index in [1.54, 1.807) is 0 Å². The van der Waals surface area contributed by atoms with Crippen molar-refractivity contribution < 1.29 is 19.3 Å². The molecular weight excluding hydrogens is 297 g/mol. The summed E-state index contributed by atoms with van der Waals surface area (Å²) in [5.74, 6) is -0.692. The van der Waals surface area contributed by atoms with Crippen LogP contribution in [0.1, 0.15) is 37.0 Å². The van der Waals surface area contributed by atoms with Crippen molar-refractivity contribution in [1.82, 2.24) is 4.57 Å². The molecule has 4 nitrogen and oxygen atoms in total. The van der Waals surface area contributed by atoms with Crippen molar-refractivity contribution in [3.05, 3.63) is 40.2 Å². The second-order valence-corrected chi connectivity index (χ2v) is 6.15. The van der Waals surface area contributed by atoms with Gasteiger partial charge in [0.25, 0.3) is 0 Å². The Morgan fingerprint density at radius 3 is 2.81 bits per heavy atom. The zero-order valence-electron chi connectivity index (χ0n) is 11.2. The van der Waals surface area contributed by atoms with Crippen LogP contribution in [-0.2, 0) is 10.3 Å². The lowest BCUT2D eigenvalue weighted by molar-refractivity contribution is -0.00959. The normalized spacial score (nSPS) is 26.3. The van der Waals surface area contributed by atoms with Crippen LogP contribution in [0, 0.1) is 5.82 Å². The molecule has 0 saturated carbocycles. The molecule has 2 bridgehead atoms. The summed E-state index contributed by atoms with van der Waals surface area (Å²) in [5, 5.41) is 20.9. The lowest BCUT2D eigenvalue weighted by atomic mass is 9.86. The molecule has 2 atom stereocenters. The molecule has 4 rings (SSSR count). The van der Waals surface area contributed by atoms with Gasteiger partial charge in [-0.15, -0.1) is 0 Å². The van der Waals surface area contributed by atoms with Crippen LogP contribution in [0.2, 0.25) is 5.02 Å². The van der Waals surface area contributed by atoms with E-state index in [0.717, 1.165) is 12.8 Å². The highest BCUT2D eigenvalue weighted by molar-refractivity contribution is 6.30. The molecule has 0 spiro atoms. The molecule has 1 fully saturated rings. The fourth-order valence-corrected chi connectivity index (χ4v) is 3.66. The molecule has 3 heterocycles. The van der Waals surface area contributed by atoms with E-state index < -0.39 is 11.4 Å². The Kier molecular flexibility index (Phi) is 2.43. The van der Waals surface area contributed by atoms with E-state index in [1.807, 2.05) is 6.92 Å². The van der Waals surface area contributed by atoms with Crippen LogP contribution in [0.3, 0.4) is 0 Å². The van der Waals surface area contributed by atoms with Crippen molar-refractivity contribution in [2.24, 2.45) is 0 Å². The first-order chi connectivity index (χ1) is 9.92. The summed E-state index contributed by atoms with van der Waals surface area (Å²) >= 11 is 5.78. The Bertz CT molecular complexity index is 773. The maximum atomic E-state index is 13.3. The number of halogens is 2. The highest BCUT2D eigenvalue weighted by atomic mass is 35.5. The average Bonchev–Trinajstić information content (AvgIpc) is 3.03. The quantitative estimate of drug-likeness (QED) is 0.843. The van der Waals surface area contributed by atoms with Gasteiger partial charge in [-0.1, -0.05) is 11.6 Å². The van der Waals surface area contributed by atoms with Crippen LogP contribution < -0.4 is 0 Å². The van der Waals surface area contributed by atoms with Crippen molar-refractivity contribution in [2.45, 2.75) is 31.5 Å². The van der Waals surface area contributed by atoms with E-state index >= 15 is 0 Å². The average molecular weight is 310 g/mol. The highest BCUT2D eigenvalue weighted by Crippen LogP contribution is 2.61. The number of nitrogens with zero attached hydrogens (tertiary/aromatic N) is 1. The molecule has 1 saturated heterocycles. The Hall–Kier alpha value is -1.72. The van der Waals surface area contributed by atoms with Crippen LogP contribution >= 0.6 is 11.6 Å². The van der Waals surface area contributed by atoms with Crippen molar-refractivity contribution in [3.8, 4) is 17.4 Å². The van der Waals surface area contributed by atoms with E-state index in [0.29, 0.717) is 16.8 Å². The Balaban J connectivity index is 1.96. The lowest BCUT2D eigenvalue weighted by Gasteiger charge is -2.19. The third kappa shape index (κ3) is 1.53. The highest BCUT2D eigenvalue weighted by Gasteiger charge is 2.53. The number of benzene rings is 1. The largest absolute Gasteiger partial charge is 0.494 e. The van der Waals surface area contributed by atoms with Crippen molar-refractivity contribution in [2.75, 3.05) is 0 Å². The van der Waals surface area contributed by atoms with E-state index in [1.165, 1.54) is 22.8 Å². The minimum absolute atomic E-state index is 0.0643. The van der Waals surface area contributed by atoms with Crippen molar-refractivity contribution >= 4 is 11.6 Å². The molecule has 0 radical (unpaired) electrons. The molecule has 1 aromatic carbocycles. The molecule has 2 aromatic rings. The second-order valence-electron chi connectivity index (χ2n) is 5.75. The predicted octanol–water partition coefficient (Wildman–Crippen LogP) is 3.76. The number of hydrogen-bond acceptors (Lipinski definition) is 3. The van der Waals surface area contributed by atoms with Gasteiger partial charge in [0.15, 0.2) is 0 Å². The van der Waals surface area contributed by atoms with Crippen LogP contribution in [0.15, 0.2) is 18.2 Å². The molecule has 2 aliphatic heterocycles. The predicted molar refractivity (Wildman–Crippen MR) is 74.5 cm³/mol. The Labute approximate surface area is 125 Å². The third-order valence-corrected chi connectivity index (χ3v) is 4.75. The summed E-state index contributed by atoms with van der Waals surface area (Å²) in [6, 6.07) is 4.03. The first-order valence-corrected chi connectivity index (χ1v) is 7.10. The van der Waals surface area contributed by atoms with Gasteiger partial charge in [0.05, 0.1) is 33.5 Å². The zero-order chi connectivity index (χ0) is 14.9. The van der Waals surface area contributed by atoms with Crippen LogP contribution in [0.25, 0.3) is 5.69 Å². The van der Waals surface area contributed by atoms with Gasteiger partial charge < -0.3 is 14.9 Å². The molecule has 0 unspecified atom stereocenters. The van der Waals surface area contributed by atoms with Crippen LogP contribution in [0.5, 0.6) is 11.8 Å². The first kappa shape index (κ1) is 13.0. The van der Waals surface area contributed by atoms with Crippen LogP contribution in [-0.4, -0.2) is 14.8 Å². The van der Waals surface area contributed by atoms with E-state index in [4.69, 9.17) is 16.3 Å². The molecule has 2 aliphatic rings. The fourth-order valence-electron chi connectivity index (χ4n) is 3.49. The Morgan fingerprint density at radius 2 is 2.14 bits per heavy atom. The maximum Gasteiger partial charge on any atom is 0.205 e. The second kappa shape index (κ2) is 3.93. The number of aromatic hydroxyl groups is 2. The molecule has 21 heavy (non-hydrogen) atoms. The summed E-state index contributed by atoms with van der Waals surface area (Å²) < 4.78 is 20.4.